The normalized spacial score (nSPS) is 17.1. The standard InChI is InChI=1S/C19H17ClN2O3S2/c1-2-3-7-14(18(24)25)22-17(23)15(27-19(22)26)10-12-9-8-11-5-4-6-13(20)16(11)21-12/h4-6,8-10,14H,2-3,7H2,1H3,(H,24,25)/b15-10+/t14-/m1/s1. The Morgan fingerprint density at radius 2 is 2.19 bits per heavy atom. The van der Waals surface area contributed by atoms with Gasteiger partial charge in [-0.2, -0.15) is 0 Å². The first kappa shape index (κ1) is 19.8. The Kier molecular flexibility index (Phi) is 6.14. The number of aliphatic carboxylic acids is 1. The van der Waals surface area contributed by atoms with Gasteiger partial charge in [0.1, 0.15) is 10.4 Å². The van der Waals surface area contributed by atoms with Crippen LogP contribution in [0, 0.1) is 0 Å². The highest BCUT2D eigenvalue weighted by molar-refractivity contribution is 8.26. The number of para-hydroxylation sites is 1. The SMILES string of the molecule is CCCC[C@H](C(=O)O)N1C(=O)/C(=C\c2ccc3cccc(Cl)c3n2)SC1=S. The van der Waals surface area contributed by atoms with Crippen molar-refractivity contribution in [1.82, 2.24) is 9.88 Å². The smallest absolute Gasteiger partial charge is 0.326 e. The van der Waals surface area contributed by atoms with Crippen LogP contribution in [0.4, 0.5) is 0 Å². The van der Waals surface area contributed by atoms with E-state index in [1.54, 1.807) is 18.2 Å². The number of unbranched alkanes of at least 4 members (excludes halogenated alkanes) is 1. The first-order chi connectivity index (χ1) is 12.9. The molecule has 0 unspecified atom stereocenters. The molecule has 1 aromatic heterocycles. The predicted molar refractivity (Wildman–Crippen MR) is 113 cm³/mol. The van der Waals surface area contributed by atoms with E-state index < -0.39 is 17.9 Å². The minimum Gasteiger partial charge on any atom is -0.480 e. The average Bonchev–Trinajstić information content (AvgIpc) is 2.90. The minimum atomic E-state index is -1.04. The molecular formula is C19H17ClN2O3S2. The molecule has 0 radical (unpaired) electrons. The van der Waals surface area contributed by atoms with Crippen LogP contribution >= 0.6 is 35.6 Å². The molecule has 1 N–H and O–H groups in total. The maximum atomic E-state index is 12.8. The summed E-state index contributed by atoms with van der Waals surface area (Å²) < 4.78 is 0.258. The van der Waals surface area contributed by atoms with E-state index in [4.69, 9.17) is 23.8 Å². The largest absolute Gasteiger partial charge is 0.480 e. The van der Waals surface area contributed by atoms with E-state index in [-0.39, 0.29) is 4.32 Å². The number of benzene rings is 1. The molecule has 1 aliphatic heterocycles. The van der Waals surface area contributed by atoms with Gasteiger partial charge in [0.15, 0.2) is 0 Å². The molecule has 1 aromatic carbocycles. The van der Waals surface area contributed by atoms with Crippen molar-refractivity contribution in [3.8, 4) is 0 Å². The molecule has 1 fully saturated rings. The number of hydrogen-bond donors (Lipinski definition) is 1. The molecule has 3 rings (SSSR count). The summed E-state index contributed by atoms with van der Waals surface area (Å²) in [5.74, 6) is -1.44. The van der Waals surface area contributed by atoms with Crippen LogP contribution in [0.2, 0.25) is 5.02 Å². The summed E-state index contributed by atoms with van der Waals surface area (Å²) >= 11 is 12.6. The van der Waals surface area contributed by atoms with Gasteiger partial charge >= 0.3 is 5.97 Å². The van der Waals surface area contributed by atoms with Gasteiger partial charge in [-0.3, -0.25) is 9.69 Å². The molecule has 27 heavy (non-hydrogen) atoms. The van der Waals surface area contributed by atoms with Crippen LogP contribution < -0.4 is 0 Å². The van der Waals surface area contributed by atoms with Gasteiger partial charge in [0.2, 0.25) is 0 Å². The summed E-state index contributed by atoms with van der Waals surface area (Å²) in [5, 5.41) is 10.9. The molecule has 140 valence electrons. The lowest BCUT2D eigenvalue weighted by molar-refractivity contribution is -0.145. The maximum Gasteiger partial charge on any atom is 0.326 e. The number of rotatable bonds is 6. The highest BCUT2D eigenvalue weighted by Crippen LogP contribution is 2.35. The number of carbonyl (C=O) groups is 2. The number of hydrogen-bond acceptors (Lipinski definition) is 5. The van der Waals surface area contributed by atoms with Crippen LogP contribution in [0.25, 0.3) is 17.0 Å². The fourth-order valence-corrected chi connectivity index (χ4v) is 4.42. The fraction of sp³-hybridized carbons (Fsp3) is 0.263. The molecule has 1 saturated heterocycles. The van der Waals surface area contributed by atoms with E-state index in [9.17, 15) is 14.7 Å². The Morgan fingerprint density at radius 3 is 2.89 bits per heavy atom. The van der Waals surface area contributed by atoms with Crippen molar-refractivity contribution in [3.63, 3.8) is 0 Å². The second kappa shape index (κ2) is 8.37. The molecule has 1 aliphatic rings. The summed E-state index contributed by atoms with van der Waals surface area (Å²) in [4.78, 5) is 30.5. The highest BCUT2D eigenvalue weighted by atomic mass is 35.5. The van der Waals surface area contributed by atoms with Crippen molar-refractivity contribution in [1.29, 1.82) is 0 Å². The number of nitrogens with zero attached hydrogens (tertiary/aromatic N) is 2. The van der Waals surface area contributed by atoms with Gasteiger partial charge in [-0.05, 0) is 24.6 Å². The number of thiocarbonyl (C=S) groups is 1. The van der Waals surface area contributed by atoms with E-state index in [2.05, 4.69) is 4.98 Å². The maximum absolute atomic E-state index is 12.8. The van der Waals surface area contributed by atoms with Gasteiger partial charge in [0.05, 0.1) is 21.1 Å². The van der Waals surface area contributed by atoms with Crippen molar-refractivity contribution >= 4 is 68.8 Å². The van der Waals surface area contributed by atoms with Crippen molar-refractivity contribution in [3.05, 3.63) is 46.0 Å². The highest BCUT2D eigenvalue weighted by Gasteiger charge is 2.40. The summed E-state index contributed by atoms with van der Waals surface area (Å²) in [7, 11) is 0. The molecule has 0 spiro atoms. The van der Waals surface area contributed by atoms with E-state index in [0.29, 0.717) is 34.0 Å². The van der Waals surface area contributed by atoms with Crippen LogP contribution in [0.15, 0.2) is 35.2 Å². The Balaban J connectivity index is 1.92. The van der Waals surface area contributed by atoms with Crippen LogP contribution in [0.3, 0.4) is 0 Å². The van der Waals surface area contributed by atoms with Crippen molar-refractivity contribution in [2.75, 3.05) is 0 Å². The van der Waals surface area contributed by atoms with Crippen LogP contribution in [-0.2, 0) is 9.59 Å². The van der Waals surface area contributed by atoms with Crippen LogP contribution in [0.1, 0.15) is 31.9 Å². The molecule has 8 heteroatoms. The summed E-state index contributed by atoms with van der Waals surface area (Å²) in [6, 6.07) is 8.23. The first-order valence-electron chi connectivity index (χ1n) is 8.47. The molecule has 5 nitrogen and oxygen atoms in total. The molecule has 0 bridgehead atoms. The Bertz CT molecular complexity index is 961. The monoisotopic (exact) mass is 420 g/mol. The molecule has 0 saturated carbocycles. The topological polar surface area (TPSA) is 70.5 Å². The molecule has 2 heterocycles. The number of halogens is 1. The van der Waals surface area contributed by atoms with Crippen molar-refractivity contribution in [2.24, 2.45) is 0 Å². The van der Waals surface area contributed by atoms with E-state index in [1.807, 2.05) is 25.1 Å². The first-order valence-corrected chi connectivity index (χ1v) is 10.1. The van der Waals surface area contributed by atoms with Crippen LogP contribution in [-0.4, -0.2) is 37.2 Å². The van der Waals surface area contributed by atoms with E-state index in [1.165, 1.54) is 4.90 Å². The summed E-state index contributed by atoms with van der Waals surface area (Å²) in [6.45, 7) is 1.97. The van der Waals surface area contributed by atoms with E-state index in [0.717, 1.165) is 23.6 Å². The lowest BCUT2D eigenvalue weighted by atomic mass is 10.1. The molecule has 2 aromatic rings. The second-order valence-corrected chi connectivity index (χ2v) is 8.18. The predicted octanol–water partition coefficient (Wildman–Crippen LogP) is 4.73. The van der Waals surface area contributed by atoms with Gasteiger partial charge in [-0.1, -0.05) is 73.5 Å². The van der Waals surface area contributed by atoms with Gasteiger partial charge in [-0.25, -0.2) is 9.78 Å². The molecular weight excluding hydrogens is 404 g/mol. The molecule has 1 amide bonds. The Hall–Kier alpha value is -1.96. The number of fused-ring (bicyclic) bond motifs is 1. The van der Waals surface area contributed by atoms with Gasteiger partial charge in [-0.15, -0.1) is 0 Å². The van der Waals surface area contributed by atoms with Crippen molar-refractivity contribution in [2.45, 2.75) is 32.2 Å². The number of amides is 1. The number of carboxylic acids is 1. The minimum absolute atomic E-state index is 0.258. The zero-order chi connectivity index (χ0) is 19.6. The Labute approximate surface area is 171 Å². The number of thioether (sulfide) groups is 1. The quantitative estimate of drug-likeness (QED) is 0.538. The van der Waals surface area contributed by atoms with Gasteiger partial charge in [0, 0.05) is 5.39 Å². The molecule has 0 aliphatic carbocycles. The zero-order valence-electron chi connectivity index (χ0n) is 14.5. The average molecular weight is 421 g/mol. The fourth-order valence-electron chi connectivity index (χ4n) is 2.85. The van der Waals surface area contributed by atoms with Gasteiger partial charge in [0.25, 0.3) is 5.91 Å². The number of carboxylic acid groups (broad SMARTS) is 1. The lowest BCUT2D eigenvalue weighted by Gasteiger charge is -2.22. The Morgan fingerprint density at radius 1 is 1.41 bits per heavy atom. The van der Waals surface area contributed by atoms with Crippen LogP contribution in [0.5, 0.6) is 0 Å². The zero-order valence-corrected chi connectivity index (χ0v) is 16.9. The number of carbonyl (C=O) groups excluding carboxylic acids is 1. The third-order valence-corrected chi connectivity index (χ3v) is 5.86. The molecule has 1 atom stereocenters. The van der Waals surface area contributed by atoms with Crippen molar-refractivity contribution < 1.29 is 14.7 Å². The lowest BCUT2D eigenvalue weighted by Crippen LogP contribution is -2.43. The van der Waals surface area contributed by atoms with E-state index >= 15 is 0 Å². The summed E-state index contributed by atoms with van der Waals surface area (Å²) in [5.41, 5.74) is 1.21. The summed E-state index contributed by atoms with van der Waals surface area (Å²) in [6.07, 6.45) is 3.55. The third kappa shape index (κ3) is 4.15. The second-order valence-electron chi connectivity index (χ2n) is 6.10. The van der Waals surface area contributed by atoms with Gasteiger partial charge < -0.3 is 5.11 Å². The third-order valence-electron chi connectivity index (χ3n) is 4.22. The number of pyridine rings is 1. The number of aromatic nitrogens is 1.